The van der Waals surface area contributed by atoms with Crippen molar-refractivity contribution in [2.24, 2.45) is 23.7 Å². The Labute approximate surface area is 216 Å². The number of Topliss-reactive ketones (excluding diaryl/α,β-unsaturated/α-hetero) is 1. The summed E-state index contributed by atoms with van der Waals surface area (Å²) >= 11 is 12.1. The molecule has 2 aliphatic rings. The molecule has 5 nitrogen and oxygen atoms in total. The fraction of sp³-hybridized carbons (Fsp3) is 0.464. The van der Waals surface area contributed by atoms with E-state index in [1.807, 2.05) is 18.2 Å². The van der Waals surface area contributed by atoms with Crippen LogP contribution in [0, 0.1) is 23.7 Å². The molecule has 2 N–H and O–H groups in total. The van der Waals surface area contributed by atoms with Crippen LogP contribution in [0.3, 0.4) is 0 Å². The van der Waals surface area contributed by atoms with E-state index in [-0.39, 0.29) is 23.5 Å². The van der Waals surface area contributed by atoms with Crippen molar-refractivity contribution in [2.45, 2.75) is 57.8 Å². The standard InChI is InChI=1S/C14H15ClO3.C14H17ClO2/c15-12-4-2-1-3-11(12)13(16)9-5-7-10(8-6-9)14(17)18;15-13-4-2-1-3-12(13)9-10-5-7-11(8-6-10)14(16)17/h1-4,9-10H,5-8H2,(H,17,18);1-4,10-11H,5-9H2,(H,16,17). The highest BCUT2D eigenvalue weighted by Gasteiger charge is 2.30. The minimum Gasteiger partial charge on any atom is -0.481 e. The lowest BCUT2D eigenvalue weighted by molar-refractivity contribution is -0.144. The molecule has 2 aromatic rings. The van der Waals surface area contributed by atoms with Crippen LogP contribution < -0.4 is 0 Å². The summed E-state index contributed by atoms with van der Waals surface area (Å²) in [7, 11) is 0. The average Bonchev–Trinajstić information content (AvgIpc) is 2.86. The number of benzene rings is 2. The molecule has 0 atom stereocenters. The van der Waals surface area contributed by atoms with Gasteiger partial charge < -0.3 is 10.2 Å². The van der Waals surface area contributed by atoms with Gasteiger partial charge in [-0.15, -0.1) is 0 Å². The first kappa shape index (κ1) is 27.2. The number of hydrogen-bond donors (Lipinski definition) is 2. The molecule has 35 heavy (non-hydrogen) atoms. The van der Waals surface area contributed by atoms with Crippen molar-refractivity contribution in [2.75, 3.05) is 0 Å². The van der Waals surface area contributed by atoms with E-state index in [2.05, 4.69) is 6.07 Å². The molecule has 0 heterocycles. The largest absolute Gasteiger partial charge is 0.481 e. The highest BCUT2D eigenvalue weighted by Crippen LogP contribution is 2.33. The molecule has 0 bridgehead atoms. The number of halogens is 2. The minimum absolute atomic E-state index is 0.0458. The van der Waals surface area contributed by atoms with Gasteiger partial charge in [-0.05, 0) is 87.5 Å². The Morgan fingerprint density at radius 2 is 1.11 bits per heavy atom. The zero-order valence-corrected chi connectivity index (χ0v) is 21.2. The monoisotopic (exact) mass is 518 g/mol. The molecule has 188 valence electrons. The Bertz CT molecular complexity index is 1020. The van der Waals surface area contributed by atoms with Gasteiger partial charge in [0, 0.05) is 16.5 Å². The predicted molar refractivity (Wildman–Crippen MR) is 137 cm³/mol. The summed E-state index contributed by atoms with van der Waals surface area (Å²) in [5, 5.41) is 19.2. The molecule has 0 aromatic heterocycles. The lowest BCUT2D eigenvalue weighted by atomic mass is 9.78. The number of carboxylic acids is 2. The van der Waals surface area contributed by atoms with Gasteiger partial charge in [0.2, 0.25) is 0 Å². The Balaban J connectivity index is 0.000000196. The van der Waals surface area contributed by atoms with Gasteiger partial charge in [-0.3, -0.25) is 14.4 Å². The highest BCUT2D eigenvalue weighted by atomic mass is 35.5. The normalized spacial score (nSPS) is 24.1. The minimum atomic E-state index is -0.751. The first-order valence-electron chi connectivity index (χ1n) is 12.2. The van der Waals surface area contributed by atoms with E-state index in [1.54, 1.807) is 24.3 Å². The molecule has 2 saturated carbocycles. The average molecular weight is 519 g/mol. The number of rotatable bonds is 6. The van der Waals surface area contributed by atoms with Crippen molar-refractivity contribution in [3.05, 3.63) is 69.7 Å². The van der Waals surface area contributed by atoms with Crippen LogP contribution in [-0.2, 0) is 16.0 Å². The van der Waals surface area contributed by atoms with Gasteiger partial charge in [-0.2, -0.15) is 0 Å². The second kappa shape index (κ2) is 13.1. The van der Waals surface area contributed by atoms with Gasteiger partial charge >= 0.3 is 11.9 Å². The molecular weight excluding hydrogens is 487 g/mol. The number of carbonyl (C=O) groups excluding carboxylic acids is 1. The quantitative estimate of drug-likeness (QED) is 0.394. The second-order valence-corrected chi connectivity index (χ2v) is 10.4. The van der Waals surface area contributed by atoms with Crippen LogP contribution in [0.2, 0.25) is 10.0 Å². The van der Waals surface area contributed by atoms with Crippen molar-refractivity contribution in [3.63, 3.8) is 0 Å². The van der Waals surface area contributed by atoms with Crippen LogP contribution in [0.15, 0.2) is 48.5 Å². The van der Waals surface area contributed by atoms with E-state index in [9.17, 15) is 14.4 Å². The van der Waals surface area contributed by atoms with Gasteiger partial charge in [-0.25, -0.2) is 0 Å². The third-order valence-electron chi connectivity index (χ3n) is 7.25. The molecule has 0 spiro atoms. The molecule has 0 aliphatic heterocycles. The molecule has 2 fully saturated rings. The first-order chi connectivity index (χ1) is 16.8. The van der Waals surface area contributed by atoms with Crippen molar-refractivity contribution < 1.29 is 24.6 Å². The molecule has 0 radical (unpaired) electrons. The van der Waals surface area contributed by atoms with Crippen LogP contribution in [0.4, 0.5) is 0 Å². The number of ketones is 1. The summed E-state index contributed by atoms with van der Waals surface area (Å²) in [5.41, 5.74) is 1.74. The van der Waals surface area contributed by atoms with Gasteiger partial charge in [0.25, 0.3) is 0 Å². The number of carbonyl (C=O) groups is 3. The smallest absolute Gasteiger partial charge is 0.306 e. The predicted octanol–water partition coefficient (Wildman–Crippen LogP) is 7.19. The van der Waals surface area contributed by atoms with Gasteiger partial charge in [0.15, 0.2) is 5.78 Å². The van der Waals surface area contributed by atoms with Crippen molar-refractivity contribution in [1.29, 1.82) is 0 Å². The summed E-state index contributed by atoms with van der Waals surface area (Å²) < 4.78 is 0. The Kier molecular flexibility index (Phi) is 10.2. The molecular formula is C28H32Cl2O5. The van der Waals surface area contributed by atoms with E-state index < -0.39 is 11.9 Å². The Morgan fingerprint density at radius 3 is 1.63 bits per heavy atom. The summed E-state index contributed by atoms with van der Waals surface area (Å²) in [5.74, 6) is -1.26. The fourth-order valence-corrected chi connectivity index (χ4v) is 5.51. The van der Waals surface area contributed by atoms with Crippen LogP contribution in [0.25, 0.3) is 0 Å². The van der Waals surface area contributed by atoms with E-state index >= 15 is 0 Å². The number of hydrogen-bond acceptors (Lipinski definition) is 3. The van der Waals surface area contributed by atoms with E-state index in [1.165, 1.54) is 5.56 Å². The first-order valence-corrected chi connectivity index (χ1v) is 13.0. The van der Waals surface area contributed by atoms with Crippen LogP contribution in [-0.4, -0.2) is 27.9 Å². The SMILES string of the molecule is O=C(O)C1CCC(C(=O)c2ccccc2Cl)CC1.O=C(O)C1CCC(Cc2ccccc2Cl)CC1. The highest BCUT2D eigenvalue weighted by molar-refractivity contribution is 6.34. The zero-order chi connectivity index (χ0) is 25.4. The van der Waals surface area contributed by atoms with Crippen LogP contribution in [0.5, 0.6) is 0 Å². The third kappa shape index (κ3) is 7.81. The zero-order valence-electron chi connectivity index (χ0n) is 19.7. The maximum atomic E-state index is 12.3. The van der Waals surface area contributed by atoms with Gasteiger partial charge in [0.05, 0.1) is 16.9 Å². The number of aliphatic carboxylic acids is 2. The summed E-state index contributed by atoms with van der Waals surface area (Å²) in [6.45, 7) is 0. The van der Waals surface area contributed by atoms with E-state index in [4.69, 9.17) is 33.4 Å². The second-order valence-electron chi connectivity index (χ2n) is 9.58. The molecule has 2 aromatic carbocycles. The lowest BCUT2D eigenvalue weighted by Gasteiger charge is -2.26. The Morgan fingerprint density at radius 1 is 0.657 bits per heavy atom. The van der Waals surface area contributed by atoms with Crippen molar-refractivity contribution in [3.8, 4) is 0 Å². The van der Waals surface area contributed by atoms with Crippen molar-refractivity contribution in [1.82, 2.24) is 0 Å². The maximum Gasteiger partial charge on any atom is 0.306 e. The third-order valence-corrected chi connectivity index (χ3v) is 7.95. The van der Waals surface area contributed by atoms with E-state index in [0.717, 1.165) is 37.1 Å². The maximum absolute atomic E-state index is 12.3. The van der Waals surface area contributed by atoms with Crippen LogP contribution >= 0.6 is 23.2 Å². The topological polar surface area (TPSA) is 91.7 Å². The Hall–Kier alpha value is -2.37. The molecule has 0 unspecified atom stereocenters. The molecule has 7 heteroatoms. The van der Waals surface area contributed by atoms with Crippen molar-refractivity contribution >= 4 is 40.9 Å². The number of carboxylic acid groups (broad SMARTS) is 2. The molecule has 4 rings (SSSR count). The molecule has 0 saturated heterocycles. The molecule has 2 aliphatic carbocycles. The molecule has 0 amide bonds. The van der Waals surface area contributed by atoms with Gasteiger partial charge in [-0.1, -0.05) is 53.5 Å². The fourth-order valence-electron chi connectivity index (χ4n) is 5.07. The summed E-state index contributed by atoms with van der Waals surface area (Å²) in [4.78, 5) is 34.0. The lowest BCUT2D eigenvalue weighted by Crippen LogP contribution is -2.26. The summed E-state index contributed by atoms with van der Waals surface area (Å²) in [6.07, 6.45) is 7.04. The van der Waals surface area contributed by atoms with Crippen LogP contribution in [0.1, 0.15) is 67.3 Å². The summed E-state index contributed by atoms with van der Waals surface area (Å²) in [6, 6.07) is 14.9. The van der Waals surface area contributed by atoms with Gasteiger partial charge in [0.1, 0.15) is 0 Å². The van der Waals surface area contributed by atoms with E-state index in [0.29, 0.717) is 42.2 Å².